The van der Waals surface area contributed by atoms with Gasteiger partial charge in [0, 0.05) is 9.61 Å². The van der Waals surface area contributed by atoms with Crippen LogP contribution >= 0.6 is 22.6 Å². The van der Waals surface area contributed by atoms with E-state index in [0.29, 0.717) is 6.04 Å². The average molecular weight is 303 g/mol. The zero-order chi connectivity index (χ0) is 10.4. The highest BCUT2D eigenvalue weighted by molar-refractivity contribution is 14.1. The maximum absolute atomic E-state index is 3.52. The molecule has 0 bridgehead atoms. The second-order valence-electron chi connectivity index (χ2n) is 3.45. The Morgan fingerprint density at radius 2 is 2.14 bits per heavy atom. The number of hydrogen-bond donors (Lipinski definition) is 1. The smallest absolute Gasteiger partial charge is 0.0320 e. The van der Waals surface area contributed by atoms with E-state index in [2.05, 4.69) is 66.0 Å². The fourth-order valence-electron chi connectivity index (χ4n) is 1.64. The van der Waals surface area contributed by atoms with E-state index >= 15 is 0 Å². The summed E-state index contributed by atoms with van der Waals surface area (Å²) >= 11 is 2.37. The molecule has 0 fully saturated rings. The van der Waals surface area contributed by atoms with Crippen molar-refractivity contribution < 1.29 is 0 Å². The molecule has 1 N–H and O–H groups in total. The van der Waals surface area contributed by atoms with Crippen molar-refractivity contribution in [3.05, 3.63) is 33.4 Å². The van der Waals surface area contributed by atoms with E-state index in [-0.39, 0.29) is 0 Å². The molecular formula is C12H18IN. The van der Waals surface area contributed by atoms with Crippen molar-refractivity contribution in [1.29, 1.82) is 0 Å². The van der Waals surface area contributed by atoms with Gasteiger partial charge in [0.1, 0.15) is 0 Å². The molecule has 1 atom stereocenters. The van der Waals surface area contributed by atoms with Gasteiger partial charge >= 0.3 is 0 Å². The molecule has 1 aromatic carbocycles. The molecule has 0 radical (unpaired) electrons. The van der Waals surface area contributed by atoms with Gasteiger partial charge in [-0.05, 0) is 53.3 Å². The van der Waals surface area contributed by atoms with Crippen LogP contribution in [0.2, 0.25) is 0 Å². The minimum absolute atomic E-state index is 0.528. The molecule has 0 aliphatic rings. The lowest BCUT2D eigenvalue weighted by atomic mass is 10.0. The van der Waals surface area contributed by atoms with Gasteiger partial charge in [-0.15, -0.1) is 0 Å². The normalized spacial score (nSPS) is 12.8. The van der Waals surface area contributed by atoms with Crippen LogP contribution < -0.4 is 5.32 Å². The lowest BCUT2D eigenvalue weighted by Gasteiger charge is -2.17. The Balaban J connectivity index is 2.75. The van der Waals surface area contributed by atoms with Gasteiger partial charge in [-0.3, -0.25) is 0 Å². The fourth-order valence-corrected chi connectivity index (χ4v) is 2.21. The van der Waals surface area contributed by atoms with Crippen molar-refractivity contribution in [1.82, 2.24) is 5.32 Å². The molecule has 1 unspecified atom stereocenters. The first kappa shape index (κ1) is 12.0. The molecular weight excluding hydrogens is 285 g/mol. The van der Waals surface area contributed by atoms with E-state index < -0.39 is 0 Å². The van der Waals surface area contributed by atoms with Gasteiger partial charge in [0.25, 0.3) is 0 Å². The highest BCUT2D eigenvalue weighted by Gasteiger charge is 2.08. The van der Waals surface area contributed by atoms with Crippen molar-refractivity contribution >= 4 is 22.6 Å². The first-order valence-corrected chi connectivity index (χ1v) is 6.34. The van der Waals surface area contributed by atoms with Gasteiger partial charge in [-0.25, -0.2) is 0 Å². The van der Waals surface area contributed by atoms with E-state index in [1.54, 1.807) is 0 Å². The number of halogens is 1. The summed E-state index contributed by atoms with van der Waals surface area (Å²) in [5.41, 5.74) is 1.42. The van der Waals surface area contributed by atoms with Crippen LogP contribution in [-0.2, 0) is 0 Å². The van der Waals surface area contributed by atoms with E-state index in [0.717, 1.165) is 6.54 Å². The second-order valence-corrected chi connectivity index (χ2v) is 4.70. The summed E-state index contributed by atoms with van der Waals surface area (Å²) in [5, 5.41) is 3.52. The molecule has 0 aliphatic carbocycles. The van der Waals surface area contributed by atoms with Gasteiger partial charge in [-0.1, -0.05) is 32.4 Å². The van der Waals surface area contributed by atoms with Gasteiger partial charge in [0.2, 0.25) is 0 Å². The highest BCUT2D eigenvalue weighted by Crippen LogP contribution is 2.20. The lowest BCUT2D eigenvalue weighted by Crippen LogP contribution is -2.20. The highest BCUT2D eigenvalue weighted by atomic mass is 127. The number of nitrogens with one attached hydrogen (secondary N) is 1. The average Bonchev–Trinajstić information content (AvgIpc) is 2.17. The van der Waals surface area contributed by atoms with Gasteiger partial charge in [0.15, 0.2) is 0 Å². The molecule has 1 aromatic rings. The largest absolute Gasteiger partial charge is 0.310 e. The summed E-state index contributed by atoms with van der Waals surface area (Å²) in [7, 11) is 0. The first-order valence-electron chi connectivity index (χ1n) is 5.26. The van der Waals surface area contributed by atoms with Crippen LogP contribution in [0, 0.1) is 3.57 Å². The monoisotopic (exact) mass is 303 g/mol. The maximum atomic E-state index is 3.52. The van der Waals surface area contributed by atoms with Gasteiger partial charge < -0.3 is 5.32 Å². The maximum Gasteiger partial charge on any atom is 0.0320 e. The molecule has 0 heterocycles. The number of benzene rings is 1. The Morgan fingerprint density at radius 3 is 2.71 bits per heavy atom. The molecule has 0 aliphatic heterocycles. The van der Waals surface area contributed by atoms with Crippen LogP contribution in [0.25, 0.3) is 0 Å². The summed E-state index contributed by atoms with van der Waals surface area (Å²) in [6.07, 6.45) is 2.44. The third-order valence-corrected chi connectivity index (χ3v) is 2.95. The summed E-state index contributed by atoms with van der Waals surface area (Å²) in [6, 6.07) is 9.28. The van der Waals surface area contributed by atoms with Crippen molar-refractivity contribution in [2.45, 2.75) is 32.7 Å². The SMILES string of the molecule is CCCC(NCC)c1cccc(I)c1. The van der Waals surface area contributed by atoms with Crippen LogP contribution in [0.1, 0.15) is 38.3 Å². The molecule has 1 nitrogen and oxygen atoms in total. The van der Waals surface area contributed by atoms with E-state index in [9.17, 15) is 0 Å². The van der Waals surface area contributed by atoms with E-state index in [1.165, 1.54) is 22.0 Å². The summed E-state index contributed by atoms with van der Waals surface area (Å²) in [6.45, 7) is 5.44. The summed E-state index contributed by atoms with van der Waals surface area (Å²) in [4.78, 5) is 0. The van der Waals surface area contributed by atoms with Crippen LogP contribution in [0.15, 0.2) is 24.3 Å². The van der Waals surface area contributed by atoms with Crippen LogP contribution in [0.4, 0.5) is 0 Å². The molecule has 2 heteroatoms. The van der Waals surface area contributed by atoms with Crippen molar-refractivity contribution in [2.75, 3.05) is 6.54 Å². The Morgan fingerprint density at radius 1 is 1.36 bits per heavy atom. The Hall–Kier alpha value is -0.0900. The molecule has 0 saturated heterocycles. The predicted octanol–water partition coefficient (Wildman–Crippen LogP) is 3.74. The topological polar surface area (TPSA) is 12.0 Å². The number of hydrogen-bond acceptors (Lipinski definition) is 1. The zero-order valence-electron chi connectivity index (χ0n) is 8.89. The standard InChI is InChI=1S/C12H18IN/c1-3-6-12(14-4-2)10-7-5-8-11(13)9-10/h5,7-9,12,14H,3-4,6H2,1-2H3. The summed E-state index contributed by atoms with van der Waals surface area (Å²) < 4.78 is 1.32. The van der Waals surface area contributed by atoms with Gasteiger partial charge in [0.05, 0.1) is 0 Å². The van der Waals surface area contributed by atoms with Crippen molar-refractivity contribution in [2.24, 2.45) is 0 Å². The minimum Gasteiger partial charge on any atom is -0.310 e. The lowest BCUT2D eigenvalue weighted by molar-refractivity contribution is 0.509. The van der Waals surface area contributed by atoms with E-state index in [1.807, 2.05) is 0 Å². The van der Waals surface area contributed by atoms with E-state index in [4.69, 9.17) is 0 Å². The molecule has 0 spiro atoms. The zero-order valence-corrected chi connectivity index (χ0v) is 11.0. The quantitative estimate of drug-likeness (QED) is 0.817. The molecule has 1 rings (SSSR count). The van der Waals surface area contributed by atoms with Crippen LogP contribution in [-0.4, -0.2) is 6.54 Å². The Labute approximate surface area is 100 Å². The second kappa shape index (κ2) is 6.40. The van der Waals surface area contributed by atoms with Gasteiger partial charge in [-0.2, -0.15) is 0 Å². The van der Waals surface area contributed by atoms with Crippen LogP contribution in [0.5, 0.6) is 0 Å². The molecule has 14 heavy (non-hydrogen) atoms. The summed E-state index contributed by atoms with van der Waals surface area (Å²) in [5.74, 6) is 0. The molecule has 0 aromatic heterocycles. The molecule has 0 saturated carbocycles. The third-order valence-electron chi connectivity index (χ3n) is 2.28. The first-order chi connectivity index (χ1) is 6.77. The predicted molar refractivity (Wildman–Crippen MR) is 70.5 cm³/mol. The Bertz CT molecular complexity index is 267. The third kappa shape index (κ3) is 3.58. The minimum atomic E-state index is 0.528. The van der Waals surface area contributed by atoms with Crippen LogP contribution in [0.3, 0.4) is 0 Å². The Kier molecular flexibility index (Phi) is 5.48. The fraction of sp³-hybridized carbons (Fsp3) is 0.500. The molecule has 0 amide bonds. The number of rotatable bonds is 5. The van der Waals surface area contributed by atoms with Crippen molar-refractivity contribution in [3.63, 3.8) is 0 Å². The van der Waals surface area contributed by atoms with Crippen molar-refractivity contribution in [3.8, 4) is 0 Å². The molecule has 78 valence electrons.